The summed E-state index contributed by atoms with van der Waals surface area (Å²) in [4.78, 5) is 0. The van der Waals surface area contributed by atoms with Gasteiger partial charge in [0.25, 0.3) is 0 Å². The summed E-state index contributed by atoms with van der Waals surface area (Å²) in [6.07, 6.45) is -0.0929. The number of aromatic hydroxyl groups is 1. The molecule has 3 aromatic rings. The van der Waals surface area contributed by atoms with E-state index in [9.17, 15) is 5.11 Å². The lowest BCUT2D eigenvalue weighted by molar-refractivity contribution is -0.0202. The minimum atomic E-state index is -0.684. The molecule has 0 aliphatic carbocycles. The van der Waals surface area contributed by atoms with Crippen molar-refractivity contribution in [3.8, 4) is 23.0 Å². The molecule has 0 saturated heterocycles. The van der Waals surface area contributed by atoms with Crippen LogP contribution in [0.15, 0.2) is 58.1 Å². The van der Waals surface area contributed by atoms with Crippen molar-refractivity contribution in [2.75, 3.05) is 14.2 Å². The zero-order chi connectivity index (χ0) is 23.3. The number of hydrazone groups is 1. The molecule has 6 nitrogen and oxygen atoms in total. The van der Waals surface area contributed by atoms with E-state index in [2.05, 4.69) is 15.9 Å². The molecule has 0 spiro atoms. The molecule has 9 heteroatoms. The predicted molar refractivity (Wildman–Crippen MR) is 131 cm³/mol. The maximum absolute atomic E-state index is 10.6. The average molecular weight is 550 g/mol. The van der Waals surface area contributed by atoms with E-state index >= 15 is 0 Å². The van der Waals surface area contributed by atoms with Gasteiger partial charge in [-0.05, 0) is 48.5 Å². The van der Waals surface area contributed by atoms with Crippen molar-refractivity contribution < 1.29 is 19.3 Å². The molecule has 3 aromatic carbocycles. The molecule has 2 unspecified atom stereocenters. The molecule has 2 atom stereocenters. The minimum Gasteiger partial charge on any atom is -0.507 e. The van der Waals surface area contributed by atoms with Crippen LogP contribution in [0.5, 0.6) is 23.0 Å². The monoisotopic (exact) mass is 548 g/mol. The van der Waals surface area contributed by atoms with Gasteiger partial charge in [0, 0.05) is 27.0 Å². The van der Waals surface area contributed by atoms with Crippen molar-refractivity contribution in [2.45, 2.75) is 18.7 Å². The zero-order valence-electron chi connectivity index (χ0n) is 17.7. The van der Waals surface area contributed by atoms with Gasteiger partial charge in [0.1, 0.15) is 11.5 Å². The van der Waals surface area contributed by atoms with E-state index in [1.54, 1.807) is 32.4 Å². The lowest BCUT2D eigenvalue weighted by Crippen LogP contribution is -2.34. The van der Waals surface area contributed by atoms with Gasteiger partial charge in [0.05, 0.1) is 36.6 Å². The van der Waals surface area contributed by atoms with E-state index in [1.165, 1.54) is 0 Å². The molecule has 0 saturated carbocycles. The molecule has 1 N–H and O–H groups in total. The normalized spacial score (nSPS) is 18.8. The van der Waals surface area contributed by atoms with Crippen molar-refractivity contribution in [1.82, 2.24) is 5.01 Å². The third-order valence-electron chi connectivity index (χ3n) is 5.78. The first-order valence-corrected chi connectivity index (χ1v) is 11.7. The third-order valence-corrected chi connectivity index (χ3v) is 6.77. The van der Waals surface area contributed by atoms with Gasteiger partial charge in [-0.2, -0.15) is 5.10 Å². The first kappa shape index (κ1) is 22.2. The second kappa shape index (κ2) is 8.63. The SMILES string of the molecule is COc1ccc(C2=NN3C(C2)c2cc(Cl)cc(Cl)c2OC3c2cc(Br)ccc2O)cc1OC. The molecular formula is C24H19BrCl2N2O4. The van der Waals surface area contributed by atoms with E-state index in [4.69, 9.17) is 42.5 Å². The highest BCUT2D eigenvalue weighted by Crippen LogP contribution is 2.52. The number of ether oxygens (including phenoxy) is 3. The molecule has 2 aliphatic heterocycles. The number of hydrogen-bond acceptors (Lipinski definition) is 6. The van der Waals surface area contributed by atoms with Gasteiger partial charge in [0.15, 0.2) is 11.5 Å². The third kappa shape index (κ3) is 3.88. The van der Waals surface area contributed by atoms with Gasteiger partial charge in [-0.1, -0.05) is 39.1 Å². The van der Waals surface area contributed by atoms with Crippen LogP contribution in [0.3, 0.4) is 0 Å². The second-order valence-electron chi connectivity index (χ2n) is 7.70. The molecule has 0 bridgehead atoms. The standard InChI is InChI=1S/C24H19BrCl2N2O4/c1-31-21-6-3-12(7-22(21)32-2)18-11-19-15-9-14(26)10-17(27)23(15)33-24(29(19)28-18)16-8-13(25)4-5-20(16)30/h3-10,19,24,30H,11H2,1-2H3. The van der Waals surface area contributed by atoms with Crippen LogP contribution >= 0.6 is 39.1 Å². The Morgan fingerprint density at radius 2 is 1.82 bits per heavy atom. The van der Waals surface area contributed by atoms with Crippen LogP contribution in [0, 0.1) is 0 Å². The lowest BCUT2D eigenvalue weighted by atomic mass is 9.95. The number of methoxy groups -OCH3 is 2. The van der Waals surface area contributed by atoms with Crippen LogP contribution in [0.2, 0.25) is 10.0 Å². The molecule has 2 heterocycles. The van der Waals surface area contributed by atoms with E-state index < -0.39 is 6.23 Å². The highest BCUT2D eigenvalue weighted by atomic mass is 79.9. The van der Waals surface area contributed by atoms with Crippen LogP contribution in [0.4, 0.5) is 0 Å². The number of hydrogen-bond donors (Lipinski definition) is 1. The molecule has 0 fully saturated rings. The maximum atomic E-state index is 10.6. The Hall–Kier alpha value is -2.61. The van der Waals surface area contributed by atoms with Crippen LogP contribution in [0.25, 0.3) is 0 Å². The van der Waals surface area contributed by atoms with E-state index in [0.29, 0.717) is 39.3 Å². The smallest absolute Gasteiger partial charge is 0.217 e. The van der Waals surface area contributed by atoms with Gasteiger partial charge in [-0.3, -0.25) is 0 Å². The number of benzene rings is 3. The van der Waals surface area contributed by atoms with E-state index in [1.807, 2.05) is 35.3 Å². The van der Waals surface area contributed by atoms with Crippen LogP contribution in [-0.4, -0.2) is 30.0 Å². The number of nitrogens with zero attached hydrogens (tertiary/aromatic N) is 2. The Labute approximate surface area is 209 Å². The van der Waals surface area contributed by atoms with Crippen molar-refractivity contribution >= 4 is 44.8 Å². The first-order valence-electron chi connectivity index (χ1n) is 10.1. The largest absolute Gasteiger partial charge is 0.507 e. The minimum absolute atomic E-state index is 0.102. The van der Waals surface area contributed by atoms with Crippen LogP contribution < -0.4 is 14.2 Å². The highest BCUT2D eigenvalue weighted by Gasteiger charge is 2.43. The highest BCUT2D eigenvalue weighted by molar-refractivity contribution is 9.10. The molecule has 0 amide bonds. The molecule has 0 aromatic heterocycles. The molecule has 170 valence electrons. The maximum Gasteiger partial charge on any atom is 0.217 e. The predicted octanol–water partition coefficient (Wildman–Crippen LogP) is 6.72. The molecular weight excluding hydrogens is 531 g/mol. The summed E-state index contributed by atoms with van der Waals surface area (Å²) in [5, 5.41) is 18.3. The van der Waals surface area contributed by atoms with Crippen LogP contribution in [0.1, 0.15) is 35.4 Å². The molecule has 2 aliphatic rings. The fourth-order valence-corrected chi connectivity index (χ4v) is 5.17. The van der Waals surface area contributed by atoms with E-state index in [0.717, 1.165) is 21.3 Å². The number of halogens is 3. The van der Waals surface area contributed by atoms with Crippen molar-refractivity contribution in [3.63, 3.8) is 0 Å². The summed E-state index contributed by atoms with van der Waals surface area (Å²) in [6.45, 7) is 0. The first-order chi connectivity index (χ1) is 15.9. The van der Waals surface area contributed by atoms with Gasteiger partial charge in [-0.15, -0.1) is 0 Å². The summed E-state index contributed by atoms with van der Waals surface area (Å²) in [5.74, 6) is 1.90. The number of rotatable bonds is 4. The Bertz CT molecular complexity index is 1280. The van der Waals surface area contributed by atoms with E-state index in [-0.39, 0.29) is 11.8 Å². The van der Waals surface area contributed by atoms with Crippen LogP contribution in [-0.2, 0) is 0 Å². The summed E-state index contributed by atoms with van der Waals surface area (Å²) >= 11 is 16.3. The Morgan fingerprint density at radius 3 is 2.58 bits per heavy atom. The quantitative estimate of drug-likeness (QED) is 0.391. The Balaban J connectivity index is 1.64. The van der Waals surface area contributed by atoms with Crippen molar-refractivity contribution in [1.29, 1.82) is 0 Å². The molecule has 0 radical (unpaired) electrons. The zero-order valence-corrected chi connectivity index (χ0v) is 20.8. The fourth-order valence-electron chi connectivity index (χ4n) is 4.23. The lowest BCUT2D eigenvalue weighted by Gasteiger charge is -2.38. The van der Waals surface area contributed by atoms with Gasteiger partial charge in [0.2, 0.25) is 6.23 Å². The van der Waals surface area contributed by atoms with Gasteiger partial charge < -0.3 is 19.3 Å². The fraction of sp³-hybridized carbons (Fsp3) is 0.208. The summed E-state index contributed by atoms with van der Waals surface area (Å²) < 4.78 is 18.0. The molecule has 5 rings (SSSR count). The summed E-state index contributed by atoms with van der Waals surface area (Å²) in [6, 6.07) is 14.2. The number of fused-ring (bicyclic) bond motifs is 3. The van der Waals surface area contributed by atoms with Crippen molar-refractivity contribution in [3.05, 3.63) is 79.7 Å². The number of phenolic OH excluding ortho intramolecular Hbond substituents is 1. The number of phenols is 1. The Morgan fingerprint density at radius 1 is 1.03 bits per heavy atom. The topological polar surface area (TPSA) is 63.5 Å². The van der Waals surface area contributed by atoms with Crippen molar-refractivity contribution in [2.24, 2.45) is 5.10 Å². The summed E-state index contributed by atoms with van der Waals surface area (Å²) in [5.41, 5.74) is 3.16. The van der Waals surface area contributed by atoms with Gasteiger partial charge >= 0.3 is 0 Å². The summed E-state index contributed by atoms with van der Waals surface area (Å²) in [7, 11) is 3.20. The average Bonchev–Trinajstić information content (AvgIpc) is 3.26. The Kier molecular flexibility index (Phi) is 5.80. The molecule has 33 heavy (non-hydrogen) atoms. The van der Waals surface area contributed by atoms with Gasteiger partial charge in [-0.25, -0.2) is 5.01 Å². The second-order valence-corrected chi connectivity index (χ2v) is 9.46.